The van der Waals surface area contributed by atoms with E-state index in [4.69, 9.17) is 9.47 Å². The maximum atomic E-state index is 12.6. The summed E-state index contributed by atoms with van der Waals surface area (Å²) in [4.78, 5) is 12.6. The van der Waals surface area contributed by atoms with E-state index in [2.05, 4.69) is 20.4 Å². The van der Waals surface area contributed by atoms with Gasteiger partial charge in [-0.1, -0.05) is 17.3 Å². The summed E-state index contributed by atoms with van der Waals surface area (Å²) in [6.45, 7) is 0.510. The molecule has 1 aliphatic rings. The van der Waals surface area contributed by atoms with Crippen LogP contribution in [0.15, 0.2) is 48.5 Å². The fourth-order valence-corrected chi connectivity index (χ4v) is 3.14. The van der Waals surface area contributed by atoms with Gasteiger partial charge in [-0.3, -0.25) is 4.79 Å². The standard InChI is InChI=1S/C20H17F3N4O4/c1-29-14-6-2-12(3-7-14)17-10-27-16(11-30-17)18(25-26-27)19(28)24-13-4-8-15(9-5-13)31-20(21,22)23/h2-9,17H,10-11H2,1H3,(H,24,28)/t17-/m0/s1. The molecule has 2 heterocycles. The van der Waals surface area contributed by atoms with Crippen molar-refractivity contribution in [3.05, 3.63) is 65.5 Å². The Bertz CT molecular complexity index is 1070. The summed E-state index contributed by atoms with van der Waals surface area (Å²) in [5.74, 6) is -0.195. The molecule has 1 atom stereocenters. The van der Waals surface area contributed by atoms with Gasteiger partial charge in [0, 0.05) is 5.69 Å². The Labute approximate surface area is 174 Å². The van der Waals surface area contributed by atoms with Gasteiger partial charge in [-0.15, -0.1) is 18.3 Å². The molecule has 0 radical (unpaired) electrons. The summed E-state index contributed by atoms with van der Waals surface area (Å²) in [5.41, 5.74) is 1.83. The first-order chi connectivity index (χ1) is 14.8. The number of methoxy groups -OCH3 is 1. The molecular weight excluding hydrogens is 417 g/mol. The van der Waals surface area contributed by atoms with Crippen molar-refractivity contribution in [1.82, 2.24) is 15.0 Å². The van der Waals surface area contributed by atoms with Crippen molar-refractivity contribution in [3.63, 3.8) is 0 Å². The zero-order valence-corrected chi connectivity index (χ0v) is 16.2. The molecule has 0 bridgehead atoms. The number of hydrogen-bond donors (Lipinski definition) is 1. The number of nitrogens with zero attached hydrogens (tertiary/aromatic N) is 3. The predicted molar refractivity (Wildman–Crippen MR) is 102 cm³/mol. The zero-order valence-electron chi connectivity index (χ0n) is 16.2. The number of anilines is 1. The van der Waals surface area contributed by atoms with Gasteiger partial charge < -0.3 is 19.5 Å². The third-order valence-electron chi connectivity index (χ3n) is 4.65. The average molecular weight is 434 g/mol. The third kappa shape index (κ3) is 4.77. The van der Waals surface area contributed by atoms with Gasteiger partial charge in [-0.05, 0) is 42.0 Å². The molecule has 3 aromatic rings. The largest absolute Gasteiger partial charge is 0.573 e. The molecule has 0 spiro atoms. The molecule has 0 fully saturated rings. The molecule has 31 heavy (non-hydrogen) atoms. The molecular formula is C20H17F3N4O4. The summed E-state index contributed by atoms with van der Waals surface area (Å²) in [6, 6.07) is 12.3. The van der Waals surface area contributed by atoms with E-state index in [1.54, 1.807) is 11.8 Å². The molecule has 1 amide bonds. The highest BCUT2D eigenvalue weighted by Crippen LogP contribution is 2.29. The fourth-order valence-electron chi connectivity index (χ4n) is 3.14. The minimum Gasteiger partial charge on any atom is -0.497 e. The predicted octanol–water partition coefficient (Wildman–Crippen LogP) is 3.71. The topological polar surface area (TPSA) is 87.5 Å². The molecule has 0 saturated heterocycles. The zero-order chi connectivity index (χ0) is 22.0. The number of halogens is 3. The van der Waals surface area contributed by atoms with Crippen molar-refractivity contribution in [3.8, 4) is 11.5 Å². The highest BCUT2D eigenvalue weighted by molar-refractivity contribution is 6.03. The lowest BCUT2D eigenvalue weighted by Gasteiger charge is -2.24. The lowest BCUT2D eigenvalue weighted by atomic mass is 10.1. The molecule has 4 rings (SSSR count). The van der Waals surface area contributed by atoms with Crippen LogP contribution in [0.2, 0.25) is 0 Å². The third-order valence-corrected chi connectivity index (χ3v) is 4.65. The van der Waals surface area contributed by atoms with E-state index in [1.807, 2.05) is 24.3 Å². The summed E-state index contributed by atoms with van der Waals surface area (Å²) >= 11 is 0. The van der Waals surface area contributed by atoms with Crippen molar-refractivity contribution < 1.29 is 32.2 Å². The van der Waals surface area contributed by atoms with Crippen LogP contribution in [0.5, 0.6) is 11.5 Å². The second kappa shape index (κ2) is 8.26. The van der Waals surface area contributed by atoms with E-state index in [0.29, 0.717) is 12.2 Å². The van der Waals surface area contributed by atoms with Gasteiger partial charge in [0.2, 0.25) is 0 Å². The Kier molecular flexibility index (Phi) is 5.51. The number of amides is 1. The Morgan fingerprint density at radius 2 is 1.81 bits per heavy atom. The minimum atomic E-state index is -4.78. The molecule has 0 aliphatic carbocycles. The quantitative estimate of drug-likeness (QED) is 0.659. The van der Waals surface area contributed by atoms with Crippen molar-refractivity contribution in [2.45, 2.75) is 25.6 Å². The molecule has 8 nitrogen and oxygen atoms in total. The maximum absolute atomic E-state index is 12.6. The van der Waals surface area contributed by atoms with E-state index in [0.717, 1.165) is 23.4 Å². The van der Waals surface area contributed by atoms with Crippen LogP contribution >= 0.6 is 0 Å². The van der Waals surface area contributed by atoms with E-state index in [-0.39, 0.29) is 29.8 Å². The van der Waals surface area contributed by atoms with Gasteiger partial charge in [-0.2, -0.15) is 0 Å². The van der Waals surface area contributed by atoms with Gasteiger partial charge in [0.05, 0.1) is 26.0 Å². The number of fused-ring (bicyclic) bond motifs is 1. The summed E-state index contributed by atoms with van der Waals surface area (Å²) in [5, 5.41) is 10.6. The van der Waals surface area contributed by atoms with E-state index in [9.17, 15) is 18.0 Å². The Morgan fingerprint density at radius 3 is 2.45 bits per heavy atom. The van der Waals surface area contributed by atoms with E-state index in [1.165, 1.54) is 12.1 Å². The summed E-state index contributed by atoms with van der Waals surface area (Å²) in [6.07, 6.45) is -5.03. The number of ether oxygens (including phenoxy) is 3. The molecule has 11 heteroatoms. The molecule has 2 aromatic carbocycles. The highest BCUT2D eigenvalue weighted by atomic mass is 19.4. The van der Waals surface area contributed by atoms with Crippen molar-refractivity contribution >= 4 is 11.6 Å². The fraction of sp³-hybridized carbons (Fsp3) is 0.250. The monoisotopic (exact) mass is 434 g/mol. The lowest BCUT2D eigenvalue weighted by molar-refractivity contribution is -0.274. The van der Waals surface area contributed by atoms with Crippen LogP contribution in [0.4, 0.5) is 18.9 Å². The van der Waals surface area contributed by atoms with Crippen LogP contribution in [0.3, 0.4) is 0 Å². The first-order valence-electron chi connectivity index (χ1n) is 9.17. The van der Waals surface area contributed by atoms with E-state index >= 15 is 0 Å². The Hall–Kier alpha value is -3.60. The maximum Gasteiger partial charge on any atom is 0.573 e. The van der Waals surface area contributed by atoms with Crippen LogP contribution < -0.4 is 14.8 Å². The summed E-state index contributed by atoms with van der Waals surface area (Å²) < 4.78 is 53.2. The molecule has 1 aromatic heterocycles. The van der Waals surface area contributed by atoms with Crippen LogP contribution in [0.25, 0.3) is 0 Å². The van der Waals surface area contributed by atoms with E-state index < -0.39 is 12.3 Å². The lowest BCUT2D eigenvalue weighted by Crippen LogP contribution is -2.24. The van der Waals surface area contributed by atoms with Crippen LogP contribution in [-0.4, -0.2) is 34.4 Å². The number of carbonyl (C=O) groups excluding carboxylic acids is 1. The molecule has 162 valence electrons. The number of carbonyl (C=O) groups is 1. The van der Waals surface area contributed by atoms with Crippen molar-refractivity contribution in [2.75, 3.05) is 12.4 Å². The van der Waals surface area contributed by atoms with Crippen LogP contribution in [0.1, 0.15) is 27.8 Å². The number of rotatable bonds is 5. The van der Waals surface area contributed by atoms with Gasteiger partial charge in [0.25, 0.3) is 5.91 Å². The second-order valence-electron chi connectivity index (χ2n) is 6.67. The Morgan fingerprint density at radius 1 is 1.13 bits per heavy atom. The highest BCUT2D eigenvalue weighted by Gasteiger charge is 2.31. The van der Waals surface area contributed by atoms with Crippen LogP contribution in [0, 0.1) is 0 Å². The molecule has 0 saturated carbocycles. The first-order valence-corrected chi connectivity index (χ1v) is 9.17. The molecule has 1 N–H and O–H groups in total. The number of aromatic nitrogens is 3. The smallest absolute Gasteiger partial charge is 0.497 e. The van der Waals surface area contributed by atoms with Crippen molar-refractivity contribution in [2.24, 2.45) is 0 Å². The van der Waals surface area contributed by atoms with Crippen LogP contribution in [-0.2, 0) is 17.9 Å². The van der Waals surface area contributed by atoms with Gasteiger partial charge in [0.1, 0.15) is 17.6 Å². The molecule has 0 unspecified atom stereocenters. The normalized spacial score (nSPS) is 15.8. The van der Waals surface area contributed by atoms with Gasteiger partial charge in [0.15, 0.2) is 5.69 Å². The number of hydrogen-bond acceptors (Lipinski definition) is 6. The first kappa shape index (κ1) is 20.7. The van der Waals surface area contributed by atoms with Gasteiger partial charge >= 0.3 is 6.36 Å². The summed E-state index contributed by atoms with van der Waals surface area (Å²) in [7, 11) is 1.59. The van der Waals surface area contributed by atoms with Crippen molar-refractivity contribution in [1.29, 1.82) is 0 Å². The molecule has 1 aliphatic heterocycles. The number of nitrogens with one attached hydrogen (secondary N) is 1. The Balaban J connectivity index is 1.43. The second-order valence-corrected chi connectivity index (χ2v) is 6.67. The number of alkyl halides is 3. The number of benzene rings is 2. The average Bonchev–Trinajstić information content (AvgIpc) is 3.17. The minimum absolute atomic E-state index is 0.0869. The van der Waals surface area contributed by atoms with Gasteiger partial charge in [-0.25, -0.2) is 4.68 Å². The SMILES string of the molecule is COc1ccc([C@@H]2Cn3nnc(C(=O)Nc4ccc(OC(F)(F)F)cc4)c3CO2)cc1.